The monoisotopic (exact) mass is 232 g/mol. The van der Waals surface area contributed by atoms with Crippen molar-refractivity contribution in [1.29, 1.82) is 0 Å². The van der Waals surface area contributed by atoms with Crippen molar-refractivity contribution >= 4 is 5.78 Å². The molecule has 0 saturated heterocycles. The molecule has 0 spiro atoms. The molecule has 0 bridgehead atoms. The normalized spacial score (nSPS) is 13.8. The van der Waals surface area contributed by atoms with Gasteiger partial charge in [0.1, 0.15) is 0 Å². The largest absolute Gasteiger partial charge is 0.294 e. The highest BCUT2D eigenvalue weighted by Gasteiger charge is 2.21. The summed E-state index contributed by atoms with van der Waals surface area (Å²) in [6.07, 6.45) is 0. The Labute approximate surface area is 105 Å². The molecule has 0 heterocycles. The Bertz CT molecular complexity index is 379. The van der Waals surface area contributed by atoms with Gasteiger partial charge < -0.3 is 0 Å². The summed E-state index contributed by atoms with van der Waals surface area (Å²) < 4.78 is 0. The zero-order valence-electron chi connectivity index (χ0n) is 11.9. The second-order valence-corrected chi connectivity index (χ2v) is 6.23. The fraction of sp³-hybridized carbons (Fsp3) is 0.562. The zero-order chi connectivity index (χ0) is 13.2. The van der Waals surface area contributed by atoms with Gasteiger partial charge >= 0.3 is 0 Å². The minimum Gasteiger partial charge on any atom is -0.294 e. The summed E-state index contributed by atoms with van der Waals surface area (Å²) in [6, 6.07) is 8.09. The van der Waals surface area contributed by atoms with Crippen molar-refractivity contribution in [3.05, 3.63) is 35.4 Å². The fourth-order valence-electron chi connectivity index (χ4n) is 1.77. The van der Waals surface area contributed by atoms with Gasteiger partial charge in [0.25, 0.3) is 0 Å². The lowest BCUT2D eigenvalue weighted by molar-refractivity contribution is 0.0939. The third-order valence-electron chi connectivity index (χ3n) is 3.52. The van der Waals surface area contributed by atoms with Gasteiger partial charge in [0.2, 0.25) is 0 Å². The van der Waals surface area contributed by atoms with Crippen molar-refractivity contribution < 1.29 is 4.79 Å². The first-order chi connectivity index (χ1) is 7.73. The third-order valence-corrected chi connectivity index (χ3v) is 3.52. The van der Waals surface area contributed by atoms with E-state index in [-0.39, 0.29) is 17.1 Å². The Hall–Kier alpha value is -1.11. The van der Waals surface area contributed by atoms with E-state index in [9.17, 15) is 4.79 Å². The molecule has 17 heavy (non-hydrogen) atoms. The molecule has 1 aromatic carbocycles. The first kappa shape index (κ1) is 14.0. The predicted octanol–water partition coefficient (Wildman–Crippen LogP) is 4.67. The lowest BCUT2D eigenvalue weighted by Gasteiger charge is -2.27. The molecule has 1 rings (SSSR count). The van der Waals surface area contributed by atoms with E-state index < -0.39 is 0 Å². The van der Waals surface area contributed by atoms with E-state index >= 15 is 0 Å². The number of carbonyl (C=O) groups is 1. The molecule has 94 valence electrons. The number of Topliss-reactive ketones (excluding diaryl/α,β-unsaturated/α-hetero) is 1. The molecule has 0 saturated carbocycles. The summed E-state index contributed by atoms with van der Waals surface area (Å²) in [5.41, 5.74) is 2.38. The molecule has 0 amide bonds. The SMILES string of the molecule is CC(C)C(=O)c1ccc(C(C)C(C)(C)C)cc1. The van der Waals surface area contributed by atoms with Crippen LogP contribution in [0.25, 0.3) is 0 Å². The first-order valence-electron chi connectivity index (χ1n) is 6.37. The molecule has 0 aromatic heterocycles. The van der Waals surface area contributed by atoms with Crippen LogP contribution in [0.15, 0.2) is 24.3 Å². The number of hydrogen-bond donors (Lipinski definition) is 0. The van der Waals surface area contributed by atoms with Gasteiger partial charge in [0, 0.05) is 11.5 Å². The lowest BCUT2D eigenvalue weighted by Crippen LogP contribution is -2.15. The average molecular weight is 232 g/mol. The molecular weight excluding hydrogens is 208 g/mol. The highest BCUT2D eigenvalue weighted by atomic mass is 16.1. The standard InChI is InChI=1S/C16H24O/c1-11(2)15(17)14-9-7-13(8-10-14)12(3)16(4,5)6/h7-12H,1-6H3. The molecular formula is C16H24O. The molecule has 0 fully saturated rings. The smallest absolute Gasteiger partial charge is 0.165 e. The van der Waals surface area contributed by atoms with Crippen LogP contribution in [0.3, 0.4) is 0 Å². The van der Waals surface area contributed by atoms with E-state index in [1.54, 1.807) is 0 Å². The van der Waals surface area contributed by atoms with Gasteiger partial charge in [0.15, 0.2) is 5.78 Å². The van der Waals surface area contributed by atoms with Gasteiger partial charge in [-0.3, -0.25) is 4.79 Å². The number of benzene rings is 1. The van der Waals surface area contributed by atoms with Crippen LogP contribution in [0.2, 0.25) is 0 Å². The number of carbonyl (C=O) groups excluding carboxylic acids is 1. The highest BCUT2D eigenvalue weighted by molar-refractivity contribution is 5.97. The fourth-order valence-corrected chi connectivity index (χ4v) is 1.77. The van der Waals surface area contributed by atoms with Gasteiger partial charge in [-0.2, -0.15) is 0 Å². The molecule has 1 unspecified atom stereocenters. The minimum atomic E-state index is 0.0703. The Morgan fingerprint density at radius 1 is 1.00 bits per heavy atom. The molecule has 0 N–H and O–H groups in total. The summed E-state index contributed by atoms with van der Waals surface area (Å²) in [4.78, 5) is 11.8. The Kier molecular flexibility index (Phi) is 4.13. The second-order valence-electron chi connectivity index (χ2n) is 6.23. The predicted molar refractivity (Wildman–Crippen MR) is 73.5 cm³/mol. The van der Waals surface area contributed by atoms with E-state index in [0.29, 0.717) is 5.92 Å². The van der Waals surface area contributed by atoms with E-state index in [1.807, 2.05) is 26.0 Å². The van der Waals surface area contributed by atoms with Gasteiger partial charge in [-0.1, -0.05) is 65.8 Å². The number of rotatable bonds is 3. The topological polar surface area (TPSA) is 17.1 Å². The molecule has 0 aliphatic rings. The maximum atomic E-state index is 11.8. The summed E-state index contributed by atoms with van der Waals surface area (Å²) in [7, 11) is 0. The van der Waals surface area contributed by atoms with Crippen molar-refractivity contribution in [1.82, 2.24) is 0 Å². The third kappa shape index (κ3) is 3.42. The highest BCUT2D eigenvalue weighted by Crippen LogP contribution is 2.34. The Morgan fingerprint density at radius 3 is 1.82 bits per heavy atom. The molecule has 1 heteroatoms. The number of hydrogen-bond acceptors (Lipinski definition) is 1. The second kappa shape index (κ2) is 5.03. The maximum absolute atomic E-state index is 11.8. The van der Waals surface area contributed by atoms with Crippen LogP contribution in [-0.4, -0.2) is 5.78 Å². The van der Waals surface area contributed by atoms with Crippen molar-refractivity contribution in [2.75, 3.05) is 0 Å². The summed E-state index contributed by atoms with van der Waals surface area (Å²) in [5.74, 6) is 0.784. The Balaban J connectivity index is 2.93. The van der Waals surface area contributed by atoms with Gasteiger partial charge in [-0.05, 0) is 16.9 Å². The molecule has 0 radical (unpaired) electrons. The van der Waals surface area contributed by atoms with Crippen molar-refractivity contribution in [2.45, 2.75) is 47.5 Å². The van der Waals surface area contributed by atoms with Crippen LogP contribution >= 0.6 is 0 Å². The molecule has 0 aliphatic heterocycles. The van der Waals surface area contributed by atoms with Gasteiger partial charge in [-0.15, -0.1) is 0 Å². The minimum absolute atomic E-state index is 0.0703. The van der Waals surface area contributed by atoms with Crippen LogP contribution in [-0.2, 0) is 0 Å². The lowest BCUT2D eigenvalue weighted by atomic mass is 9.77. The molecule has 1 aromatic rings. The molecule has 1 nitrogen and oxygen atoms in total. The summed E-state index contributed by atoms with van der Waals surface area (Å²) >= 11 is 0. The van der Waals surface area contributed by atoms with Crippen LogP contribution in [0.1, 0.15) is 63.4 Å². The van der Waals surface area contributed by atoms with Crippen LogP contribution in [0, 0.1) is 11.3 Å². The van der Waals surface area contributed by atoms with E-state index in [4.69, 9.17) is 0 Å². The quantitative estimate of drug-likeness (QED) is 0.692. The van der Waals surface area contributed by atoms with E-state index in [1.165, 1.54) is 5.56 Å². The molecule has 0 aliphatic carbocycles. The Morgan fingerprint density at radius 2 is 1.47 bits per heavy atom. The summed E-state index contributed by atoms with van der Waals surface area (Å²) in [5, 5.41) is 0. The van der Waals surface area contributed by atoms with Crippen LogP contribution in [0.4, 0.5) is 0 Å². The molecule has 1 atom stereocenters. The average Bonchev–Trinajstić information content (AvgIpc) is 2.26. The van der Waals surface area contributed by atoms with Gasteiger partial charge in [-0.25, -0.2) is 0 Å². The van der Waals surface area contributed by atoms with Crippen molar-refractivity contribution in [3.8, 4) is 0 Å². The van der Waals surface area contributed by atoms with E-state index in [0.717, 1.165) is 5.56 Å². The van der Waals surface area contributed by atoms with Crippen molar-refractivity contribution in [3.63, 3.8) is 0 Å². The van der Waals surface area contributed by atoms with Gasteiger partial charge in [0.05, 0.1) is 0 Å². The van der Waals surface area contributed by atoms with Crippen LogP contribution < -0.4 is 0 Å². The van der Waals surface area contributed by atoms with Crippen molar-refractivity contribution in [2.24, 2.45) is 11.3 Å². The van der Waals surface area contributed by atoms with E-state index in [2.05, 4.69) is 39.8 Å². The number of ketones is 1. The first-order valence-corrected chi connectivity index (χ1v) is 6.37. The maximum Gasteiger partial charge on any atom is 0.165 e. The van der Waals surface area contributed by atoms with Crippen LogP contribution in [0.5, 0.6) is 0 Å². The zero-order valence-corrected chi connectivity index (χ0v) is 11.9. The summed E-state index contributed by atoms with van der Waals surface area (Å²) in [6.45, 7) is 12.8.